The van der Waals surface area contributed by atoms with Crippen molar-refractivity contribution >= 4 is 17.7 Å². The van der Waals surface area contributed by atoms with Crippen LogP contribution in [0.5, 0.6) is 0 Å². The van der Waals surface area contributed by atoms with E-state index in [2.05, 4.69) is 58.3 Å². The number of rotatable bonds is 11. The lowest BCUT2D eigenvalue weighted by atomic mass is 10.1. The Morgan fingerprint density at radius 1 is 0.926 bits per heavy atom. The van der Waals surface area contributed by atoms with E-state index in [1.165, 1.54) is 28.9 Å². The quantitative estimate of drug-likeness (QED) is 0.345. The highest BCUT2D eigenvalue weighted by atomic mass is 32.2. The van der Waals surface area contributed by atoms with Crippen LogP contribution in [0, 0.1) is 0 Å². The van der Waals surface area contributed by atoms with Crippen LogP contribution in [0.1, 0.15) is 29.5 Å². The Balaban J connectivity index is 1.72. The average molecular weight is 386 g/mol. The summed E-state index contributed by atoms with van der Waals surface area (Å²) in [6.45, 7) is 2.95. The van der Waals surface area contributed by atoms with Crippen LogP contribution in [0.25, 0.3) is 0 Å². The topological polar surface area (TPSA) is 45.7 Å². The highest BCUT2D eigenvalue weighted by Crippen LogP contribution is 2.09. The first-order valence-electron chi connectivity index (χ1n) is 9.44. The minimum Gasteiger partial charge on any atom is -0.372 e. The monoisotopic (exact) mass is 385 g/mol. The molecular formula is C22H31N3OS. The highest BCUT2D eigenvalue weighted by Gasteiger charge is 2.01. The lowest BCUT2D eigenvalue weighted by Gasteiger charge is -2.12. The third kappa shape index (κ3) is 8.98. The van der Waals surface area contributed by atoms with E-state index in [9.17, 15) is 0 Å². The summed E-state index contributed by atoms with van der Waals surface area (Å²) in [5.74, 6) is 2.07. The fraction of sp³-hybridized carbons (Fsp3) is 0.409. The third-order valence-electron chi connectivity index (χ3n) is 4.12. The number of nitrogens with one attached hydrogen (secondary N) is 2. The van der Waals surface area contributed by atoms with Crippen LogP contribution < -0.4 is 10.6 Å². The zero-order valence-electron chi connectivity index (χ0n) is 16.4. The fourth-order valence-corrected chi connectivity index (χ4v) is 3.17. The molecule has 2 N–H and O–H groups in total. The van der Waals surface area contributed by atoms with Crippen molar-refractivity contribution in [1.82, 2.24) is 10.6 Å². The predicted molar refractivity (Wildman–Crippen MR) is 117 cm³/mol. The van der Waals surface area contributed by atoms with Crippen molar-refractivity contribution in [2.45, 2.75) is 32.6 Å². The molecule has 0 saturated heterocycles. The number of unbranched alkanes of at least 4 members (excludes halogenated alkanes) is 1. The van der Waals surface area contributed by atoms with Crippen LogP contribution >= 0.6 is 11.8 Å². The van der Waals surface area contributed by atoms with E-state index in [-0.39, 0.29) is 0 Å². The van der Waals surface area contributed by atoms with Gasteiger partial charge in [-0.05, 0) is 41.5 Å². The van der Waals surface area contributed by atoms with Gasteiger partial charge < -0.3 is 15.4 Å². The number of nitrogens with zero attached hydrogens (tertiary/aromatic N) is 1. The van der Waals surface area contributed by atoms with Gasteiger partial charge >= 0.3 is 0 Å². The molecule has 2 aromatic rings. The molecule has 5 heteroatoms. The van der Waals surface area contributed by atoms with Crippen LogP contribution in [0.4, 0.5) is 0 Å². The summed E-state index contributed by atoms with van der Waals surface area (Å²) in [6.07, 6.45) is 4.54. The highest BCUT2D eigenvalue weighted by molar-refractivity contribution is 7.98. The second-order valence-corrected chi connectivity index (χ2v) is 7.34. The molecule has 27 heavy (non-hydrogen) atoms. The predicted octanol–water partition coefficient (Wildman–Crippen LogP) is 4.21. The molecule has 146 valence electrons. The van der Waals surface area contributed by atoms with Crippen LogP contribution in [0.2, 0.25) is 0 Å². The number of thioether (sulfide) groups is 1. The van der Waals surface area contributed by atoms with Crippen molar-refractivity contribution in [1.29, 1.82) is 0 Å². The molecule has 0 heterocycles. The van der Waals surface area contributed by atoms with Gasteiger partial charge in [0.25, 0.3) is 0 Å². The summed E-state index contributed by atoms with van der Waals surface area (Å²) in [4.78, 5) is 4.29. The van der Waals surface area contributed by atoms with E-state index in [1.807, 2.05) is 37.0 Å². The van der Waals surface area contributed by atoms with Crippen molar-refractivity contribution in [3.8, 4) is 0 Å². The molecule has 0 unspecified atom stereocenters. The Bertz CT molecular complexity index is 676. The number of benzene rings is 2. The van der Waals surface area contributed by atoms with Gasteiger partial charge in [-0.2, -0.15) is 11.8 Å². The summed E-state index contributed by atoms with van der Waals surface area (Å²) in [5, 5.41) is 6.75. The van der Waals surface area contributed by atoms with Gasteiger partial charge in [0, 0.05) is 20.1 Å². The van der Waals surface area contributed by atoms with E-state index in [0.717, 1.165) is 25.5 Å². The molecule has 0 spiro atoms. The average Bonchev–Trinajstić information content (AvgIpc) is 2.71. The van der Waals surface area contributed by atoms with E-state index in [4.69, 9.17) is 4.74 Å². The largest absolute Gasteiger partial charge is 0.372 e. The molecule has 0 aliphatic carbocycles. The summed E-state index contributed by atoms with van der Waals surface area (Å²) in [6, 6.07) is 18.8. The fourth-order valence-electron chi connectivity index (χ4n) is 2.67. The molecule has 0 aliphatic rings. The first kappa shape index (κ1) is 21.3. The van der Waals surface area contributed by atoms with Crippen molar-refractivity contribution in [2.24, 2.45) is 4.99 Å². The van der Waals surface area contributed by atoms with E-state index < -0.39 is 0 Å². The molecule has 0 atom stereocenters. The molecule has 0 amide bonds. The van der Waals surface area contributed by atoms with Crippen molar-refractivity contribution in [3.63, 3.8) is 0 Å². The Hall–Kier alpha value is -1.98. The molecule has 0 aromatic heterocycles. The maximum absolute atomic E-state index is 5.83. The second-order valence-electron chi connectivity index (χ2n) is 6.35. The number of aliphatic imine (C=N–C) groups is 1. The van der Waals surface area contributed by atoms with Crippen LogP contribution in [-0.4, -0.2) is 31.6 Å². The van der Waals surface area contributed by atoms with E-state index >= 15 is 0 Å². The molecule has 4 nitrogen and oxygen atoms in total. The molecular weight excluding hydrogens is 354 g/mol. The molecule has 0 fully saturated rings. The SMILES string of the molecule is CN=C(NCCCCSC)NCc1cccc(COCc2ccccc2)c1. The number of hydrogen-bond donors (Lipinski definition) is 2. The van der Waals surface area contributed by atoms with E-state index in [0.29, 0.717) is 13.2 Å². The molecule has 2 rings (SSSR count). The number of hydrogen-bond acceptors (Lipinski definition) is 3. The summed E-state index contributed by atoms with van der Waals surface area (Å²) < 4.78 is 5.83. The maximum Gasteiger partial charge on any atom is 0.191 e. The number of guanidine groups is 1. The zero-order chi connectivity index (χ0) is 19.2. The van der Waals surface area contributed by atoms with Gasteiger partial charge in [0.2, 0.25) is 0 Å². The van der Waals surface area contributed by atoms with Crippen LogP contribution in [0.3, 0.4) is 0 Å². The van der Waals surface area contributed by atoms with Gasteiger partial charge in [0.15, 0.2) is 5.96 Å². The Kier molecular flexibility index (Phi) is 10.4. The summed E-state index contributed by atoms with van der Waals surface area (Å²) in [7, 11) is 1.81. The third-order valence-corrected chi connectivity index (χ3v) is 4.82. The van der Waals surface area contributed by atoms with Gasteiger partial charge in [-0.25, -0.2) is 0 Å². The Morgan fingerprint density at radius 2 is 1.67 bits per heavy atom. The zero-order valence-corrected chi connectivity index (χ0v) is 17.2. The molecule has 2 aromatic carbocycles. The summed E-state index contributed by atoms with van der Waals surface area (Å²) >= 11 is 1.90. The van der Waals surface area contributed by atoms with Crippen molar-refractivity contribution in [2.75, 3.05) is 25.6 Å². The maximum atomic E-state index is 5.83. The summed E-state index contributed by atoms with van der Waals surface area (Å²) in [5.41, 5.74) is 3.61. The van der Waals surface area contributed by atoms with Crippen LogP contribution in [0.15, 0.2) is 59.6 Å². The van der Waals surface area contributed by atoms with Crippen molar-refractivity contribution < 1.29 is 4.74 Å². The first-order valence-corrected chi connectivity index (χ1v) is 10.8. The van der Waals surface area contributed by atoms with Gasteiger partial charge in [-0.3, -0.25) is 4.99 Å². The number of ether oxygens (including phenoxy) is 1. The first-order chi connectivity index (χ1) is 13.3. The lowest BCUT2D eigenvalue weighted by molar-refractivity contribution is 0.107. The van der Waals surface area contributed by atoms with Gasteiger partial charge in [0.05, 0.1) is 13.2 Å². The lowest BCUT2D eigenvalue weighted by Crippen LogP contribution is -2.37. The second kappa shape index (κ2) is 13.2. The van der Waals surface area contributed by atoms with Crippen LogP contribution in [-0.2, 0) is 24.5 Å². The molecule has 0 saturated carbocycles. The normalized spacial score (nSPS) is 11.4. The van der Waals surface area contributed by atoms with E-state index in [1.54, 1.807) is 0 Å². The molecule has 0 aliphatic heterocycles. The van der Waals surface area contributed by atoms with Crippen molar-refractivity contribution in [3.05, 3.63) is 71.3 Å². The van der Waals surface area contributed by atoms with Gasteiger partial charge in [-0.15, -0.1) is 0 Å². The van der Waals surface area contributed by atoms with Gasteiger partial charge in [0.1, 0.15) is 0 Å². The molecule has 0 bridgehead atoms. The smallest absolute Gasteiger partial charge is 0.191 e. The minimum absolute atomic E-state index is 0.616. The standard InChI is InChI=1S/C22H31N3OS/c1-23-22(24-13-6-7-14-27-2)25-16-20-11-8-12-21(15-20)18-26-17-19-9-4-3-5-10-19/h3-5,8-12,15H,6-7,13-14,16-18H2,1-2H3,(H2,23,24,25). The molecule has 0 radical (unpaired) electrons. The Morgan fingerprint density at radius 3 is 2.44 bits per heavy atom. The minimum atomic E-state index is 0.616. The Labute approximate surface area is 167 Å². The van der Waals surface area contributed by atoms with Gasteiger partial charge in [-0.1, -0.05) is 54.6 Å².